The molecule has 0 radical (unpaired) electrons. The van der Waals surface area contributed by atoms with E-state index in [-0.39, 0.29) is 37.0 Å². The number of halogens is 2. The second-order valence-electron chi connectivity index (χ2n) is 5.89. The number of hydrogen-bond acceptors (Lipinski definition) is 5. The van der Waals surface area contributed by atoms with E-state index < -0.39 is 20.0 Å². The highest BCUT2D eigenvalue weighted by Crippen LogP contribution is 2.25. The van der Waals surface area contributed by atoms with Gasteiger partial charge in [0.25, 0.3) is 20.0 Å². The SMILES string of the molecule is O=S(=O)(Nc1cccc(O)c1)c1ccc(NS(=O)(=O)c2cc(Cl)cc(Cl)c2)cc1. The van der Waals surface area contributed by atoms with Crippen LogP contribution in [0.25, 0.3) is 0 Å². The Kier molecular flexibility index (Phi) is 5.95. The lowest BCUT2D eigenvalue weighted by molar-refractivity contribution is 0.475. The zero-order valence-electron chi connectivity index (χ0n) is 14.5. The summed E-state index contributed by atoms with van der Waals surface area (Å²) in [4.78, 5) is -0.216. The highest BCUT2D eigenvalue weighted by molar-refractivity contribution is 7.93. The van der Waals surface area contributed by atoms with E-state index in [1.165, 1.54) is 66.7 Å². The summed E-state index contributed by atoms with van der Waals surface area (Å²) in [5.74, 6) is -0.0870. The summed E-state index contributed by atoms with van der Waals surface area (Å²) in [7, 11) is -7.90. The second kappa shape index (κ2) is 8.11. The molecule has 0 unspecified atom stereocenters. The van der Waals surface area contributed by atoms with Crippen molar-refractivity contribution in [1.29, 1.82) is 0 Å². The lowest BCUT2D eigenvalue weighted by atomic mass is 10.3. The fourth-order valence-electron chi connectivity index (χ4n) is 2.38. The van der Waals surface area contributed by atoms with E-state index in [2.05, 4.69) is 9.44 Å². The number of phenols is 1. The first-order valence-corrected chi connectivity index (χ1v) is 11.7. The Morgan fingerprint density at radius 1 is 0.655 bits per heavy atom. The Balaban J connectivity index is 1.80. The van der Waals surface area contributed by atoms with Crippen molar-refractivity contribution in [1.82, 2.24) is 0 Å². The maximum atomic E-state index is 12.5. The molecule has 0 fully saturated rings. The van der Waals surface area contributed by atoms with E-state index in [0.717, 1.165) is 0 Å². The number of rotatable bonds is 6. The Bertz CT molecular complexity index is 1240. The summed E-state index contributed by atoms with van der Waals surface area (Å²) in [5, 5.41) is 9.77. The Morgan fingerprint density at radius 2 is 1.21 bits per heavy atom. The van der Waals surface area contributed by atoms with Crippen molar-refractivity contribution in [3.05, 3.63) is 76.8 Å². The van der Waals surface area contributed by atoms with Gasteiger partial charge in [-0.05, 0) is 54.6 Å². The fourth-order valence-corrected chi connectivity index (χ4v) is 5.22. The van der Waals surface area contributed by atoms with Crippen LogP contribution in [0.2, 0.25) is 10.0 Å². The average Bonchev–Trinajstić information content (AvgIpc) is 2.60. The smallest absolute Gasteiger partial charge is 0.261 e. The molecule has 0 spiro atoms. The minimum atomic E-state index is -3.97. The Labute approximate surface area is 178 Å². The number of hydrogen-bond donors (Lipinski definition) is 3. The first kappa shape index (κ1) is 21.3. The molecule has 0 aliphatic rings. The molecule has 0 saturated heterocycles. The van der Waals surface area contributed by atoms with E-state index in [9.17, 15) is 21.9 Å². The third kappa shape index (κ3) is 5.33. The van der Waals surface area contributed by atoms with Crippen molar-refractivity contribution >= 4 is 54.6 Å². The van der Waals surface area contributed by atoms with Gasteiger partial charge in [0.15, 0.2) is 0 Å². The van der Waals surface area contributed by atoms with E-state index in [4.69, 9.17) is 23.2 Å². The summed E-state index contributed by atoms with van der Waals surface area (Å²) < 4.78 is 54.5. The predicted molar refractivity (Wildman–Crippen MR) is 113 cm³/mol. The van der Waals surface area contributed by atoms with Crippen LogP contribution in [-0.2, 0) is 20.0 Å². The van der Waals surface area contributed by atoms with Crippen LogP contribution >= 0.6 is 23.2 Å². The third-order valence-electron chi connectivity index (χ3n) is 3.66. The molecule has 7 nitrogen and oxygen atoms in total. The topological polar surface area (TPSA) is 113 Å². The van der Waals surface area contributed by atoms with E-state index in [1.54, 1.807) is 0 Å². The molecule has 0 atom stereocenters. The molecule has 3 aromatic carbocycles. The summed E-state index contributed by atoms with van der Waals surface area (Å²) >= 11 is 11.7. The van der Waals surface area contributed by atoms with E-state index >= 15 is 0 Å². The van der Waals surface area contributed by atoms with Crippen LogP contribution in [0.3, 0.4) is 0 Å². The molecule has 0 saturated carbocycles. The van der Waals surface area contributed by atoms with Gasteiger partial charge in [-0.2, -0.15) is 0 Å². The molecule has 0 aromatic heterocycles. The van der Waals surface area contributed by atoms with Crippen LogP contribution < -0.4 is 9.44 Å². The zero-order chi connectivity index (χ0) is 21.2. The van der Waals surface area contributed by atoms with Crippen molar-refractivity contribution in [3.8, 4) is 5.75 Å². The first-order valence-electron chi connectivity index (χ1n) is 7.96. The molecule has 3 N–H and O–H groups in total. The molecule has 29 heavy (non-hydrogen) atoms. The Hall–Kier alpha value is -2.46. The number of anilines is 2. The van der Waals surface area contributed by atoms with Crippen molar-refractivity contribution in [2.24, 2.45) is 0 Å². The highest BCUT2D eigenvalue weighted by Gasteiger charge is 2.18. The van der Waals surface area contributed by atoms with Crippen LogP contribution in [0, 0.1) is 0 Å². The summed E-state index contributed by atoms with van der Waals surface area (Å²) in [6.45, 7) is 0. The van der Waals surface area contributed by atoms with Gasteiger partial charge in [0.1, 0.15) is 5.75 Å². The molecule has 0 aliphatic heterocycles. The van der Waals surface area contributed by atoms with Gasteiger partial charge in [-0.25, -0.2) is 16.8 Å². The van der Waals surface area contributed by atoms with Gasteiger partial charge in [-0.1, -0.05) is 29.3 Å². The summed E-state index contributed by atoms with van der Waals surface area (Å²) in [6, 6.07) is 14.6. The standard InChI is InChI=1S/C18H14Cl2N2O5S2/c19-12-8-13(20)10-18(9-12)29(26,27)21-14-4-6-17(7-5-14)28(24,25)22-15-2-1-3-16(23)11-15/h1-11,21-23H. The van der Waals surface area contributed by atoms with Crippen molar-refractivity contribution in [3.63, 3.8) is 0 Å². The monoisotopic (exact) mass is 472 g/mol. The predicted octanol–water partition coefficient (Wildman–Crippen LogP) is 4.30. The van der Waals surface area contributed by atoms with Crippen LogP contribution in [0.4, 0.5) is 11.4 Å². The molecule has 3 aromatic rings. The fraction of sp³-hybridized carbons (Fsp3) is 0. The molecular formula is C18H14Cl2N2O5S2. The second-order valence-corrected chi connectivity index (χ2v) is 10.1. The van der Waals surface area contributed by atoms with Gasteiger partial charge in [-0.15, -0.1) is 0 Å². The molecule has 11 heteroatoms. The number of nitrogens with one attached hydrogen (secondary N) is 2. The van der Waals surface area contributed by atoms with Crippen LogP contribution in [0.1, 0.15) is 0 Å². The molecule has 0 aliphatic carbocycles. The van der Waals surface area contributed by atoms with Crippen molar-refractivity contribution in [2.75, 3.05) is 9.44 Å². The van der Waals surface area contributed by atoms with Crippen LogP contribution in [-0.4, -0.2) is 21.9 Å². The number of phenolic OH excluding ortho intramolecular Hbond substituents is 1. The minimum absolute atomic E-state index is 0.0870. The zero-order valence-corrected chi connectivity index (χ0v) is 17.6. The first-order chi connectivity index (χ1) is 13.5. The maximum Gasteiger partial charge on any atom is 0.261 e. The molecule has 3 rings (SSSR count). The maximum absolute atomic E-state index is 12.5. The van der Waals surface area contributed by atoms with Crippen molar-refractivity contribution in [2.45, 2.75) is 9.79 Å². The number of sulfonamides is 2. The number of aromatic hydroxyl groups is 1. The van der Waals surface area contributed by atoms with Gasteiger partial charge in [0.05, 0.1) is 15.5 Å². The van der Waals surface area contributed by atoms with Gasteiger partial charge >= 0.3 is 0 Å². The average molecular weight is 473 g/mol. The largest absolute Gasteiger partial charge is 0.508 e. The third-order valence-corrected chi connectivity index (χ3v) is 6.86. The normalized spacial score (nSPS) is 11.8. The molecule has 0 amide bonds. The summed E-state index contributed by atoms with van der Waals surface area (Å²) in [6.07, 6.45) is 0. The van der Waals surface area contributed by atoms with Crippen molar-refractivity contribution < 1.29 is 21.9 Å². The van der Waals surface area contributed by atoms with Gasteiger partial charge in [0, 0.05) is 21.8 Å². The van der Waals surface area contributed by atoms with Crippen LogP contribution in [0.5, 0.6) is 5.75 Å². The Morgan fingerprint density at radius 3 is 1.79 bits per heavy atom. The molecule has 0 heterocycles. The quantitative estimate of drug-likeness (QED) is 0.494. The van der Waals surface area contributed by atoms with Crippen LogP contribution in [0.15, 0.2) is 76.5 Å². The highest BCUT2D eigenvalue weighted by atomic mass is 35.5. The van der Waals surface area contributed by atoms with Gasteiger partial charge in [-0.3, -0.25) is 9.44 Å². The van der Waals surface area contributed by atoms with E-state index in [0.29, 0.717) is 0 Å². The molecule has 152 valence electrons. The minimum Gasteiger partial charge on any atom is -0.508 e. The molecular weight excluding hydrogens is 459 g/mol. The molecule has 0 bridgehead atoms. The van der Waals surface area contributed by atoms with Gasteiger partial charge < -0.3 is 5.11 Å². The lowest BCUT2D eigenvalue weighted by Crippen LogP contribution is -2.14. The van der Waals surface area contributed by atoms with Gasteiger partial charge in [0.2, 0.25) is 0 Å². The lowest BCUT2D eigenvalue weighted by Gasteiger charge is -2.11. The number of benzene rings is 3. The van der Waals surface area contributed by atoms with E-state index in [1.807, 2.05) is 0 Å². The summed E-state index contributed by atoms with van der Waals surface area (Å²) in [5.41, 5.74) is 0.338.